The molecule has 0 spiro atoms. The zero-order chi connectivity index (χ0) is 5.82. The van der Waals surface area contributed by atoms with Gasteiger partial charge < -0.3 is 0 Å². The molecule has 42 valence electrons. The summed E-state index contributed by atoms with van der Waals surface area (Å²) in [5.41, 5.74) is 0. The molecule has 0 aliphatic rings. The maximum absolute atomic E-state index is 2.26. The van der Waals surface area contributed by atoms with Gasteiger partial charge in [0.15, 0.2) is 0 Å². The van der Waals surface area contributed by atoms with E-state index in [2.05, 4.69) is 27.7 Å². The molecule has 1 aromatic rings. The van der Waals surface area contributed by atoms with Gasteiger partial charge in [0.1, 0.15) is 0 Å². The molecule has 0 nitrogen and oxygen atoms in total. The molecule has 0 bridgehead atoms. The fraction of sp³-hybridized carbons (Fsp3) is 0. The Morgan fingerprint density at radius 1 is 1.62 bits per heavy atom. The Labute approximate surface area is 66.3 Å². The summed E-state index contributed by atoms with van der Waals surface area (Å²) in [5, 5.41) is 2.10. The zero-order valence-electron chi connectivity index (χ0n) is 4.79. The third-order valence-electron chi connectivity index (χ3n) is 0.874. The van der Waals surface area contributed by atoms with E-state index in [4.69, 9.17) is 0 Å². The molecule has 0 radical (unpaired) electrons. The van der Waals surface area contributed by atoms with E-state index in [1.165, 1.54) is 4.88 Å². The number of hydrogen-bond donors (Lipinski definition) is 0. The fourth-order valence-corrected chi connectivity index (χ4v) is 2.95. The van der Waals surface area contributed by atoms with Crippen LogP contribution in [0.4, 0.5) is 0 Å². The standard InChI is InChI=1S/C6H5S.Sn.3H/c1-2-6-4-3-5-7-6;;;;/h1-5H;;;;. The molecule has 8 heavy (non-hydrogen) atoms. The van der Waals surface area contributed by atoms with Crippen LogP contribution < -0.4 is 0 Å². The van der Waals surface area contributed by atoms with E-state index in [9.17, 15) is 0 Å². The Morgan fingerprint density at radius 3 is 3.00 bits per heavy atom. The van der Waals surface area contributed by atoms with Crippen LogP contribution in [0.1, 0.15) is 4.88 Å². The van der Waals surface area contributed by atoms with Crippen molar-refractivity contribution in [1.82, 2.24) is 0 Å². The van der Waals surface area contributed by atoms with Gasteiger partial charge >= 0.3 is 66.4 Å². The molecular formula is C6H8SSn. The van der Waals surface area contributed by atoms with E-state index in [1.807, 2.05) is 0 Å². The topological polar surface area (TPSA) is 0 Å². The van der Waals surface area contributed by atoms with Gasteiger partial charge in [0.25, 0.3) is 0 Å². The molecule has 0 saturated carbocycles. The molecule has 1 rings (SSSR count). The molecule has 0 saturated heterocycles. The molecule has 0 aromatic carbocycles. The van der Waals surface area contributed by atoms with Crippen molar-refractivity contribution < 1.29 is 0 Å². The van der Waals surface area contributed by atoms with E-state index in [1.54, 1.807) is 11.3 Å². The summed E-state index contributed by atoms with van der Waals surface area (Å²) in [6, 6.07) is 4.21. The molecule has 0 atom stereocenters. The predicted molar refractivity (Wildman–Crippen MR) is 43.3 cm³/mol. The minimum absolute atomic E-state index is 0.718. The second kappa shape index (κ2) is 3.30. The van der Waals surface area contributed by atoms with Crippen LogP contribution in [0.15, 0.2) is 21.6 Å². The average Bonchev–Trinajstić information content (AvgIpc) is 2.19. The Bertz CT molecular complexity index is 165. The summed E-state index contributed by atoms with van der Waals surface area (Å²) in [6.07, 6.45) is 2.20. The van der Waals surface area contributed by atoms with Crippen molar-refractivity contribution in [3.8, 4) is 0 Å². The monoisotopic (exact) mass is 232 g/mol. The van der Waals surface area contributed by atoms with Gasteiger partial charge in [0.2, 0.25) is 0 Å². The van der Waals surface area contributed by atoms with E-state index >= 15 is 0 Å². The molecule has 0 aliphatic carbocycles. The second-order valence-electron chi connectivity index (χ2n) is 1.52. The zero-order valence-corrected chi connectivity index (χ0v) is 11.3. The van der Waals surface area contributed by atoms with Gasteiger partial charge in [0.05, 0.1) is 0 Å². The first kappa shape index (κ1) is 6.36. The SMILES string of the molecule is [SnH3][CH]=Cc1cccs1. The molecule has 0 aliphatic heterocycles. The van der Waals surface area contributed by atoms with Gasteiger partial charge in [-0.2, -0.15) is 0 Å². The Morgan fingerprint density at radius 2 is 2.50 bits per heavy atom. The summed E-state index contributed by atoms with van der Waals surface area (Å²) in [5.74, 6) is 0. The minimum atomic E-state index is 0.718. The first-order valence-corrected chi connectivity index (χ1v) is 6.77. The first-order chi connectivity index (χ1) is 3.93. The van der Waals surface area contributed by atoms with Crippen LogP contribution in [-0.4, -0.2) is 22.5 Å². The summed E-state index contributed by atoms with van der Waals surface area (Å²) in [6.45, 7) is 0. The first-order valence-electron chi connectivity index (χ1n) is 2.59. The van der Waals surface area contributed by atoms with Crippen LogP contribution in [0.3, 0.4) is 0 Å². The van der Waals surface area contributed by atoms with Crippen LogP contribution in [0.2, 0.25) is 0 Å². The molecule has 0 unspecified atom stereocenters. The van der Waals surface area contributed by atoms with Crippen molar-refractivity contribution in [2.24, 2.45) is 0 Å². The van der Waals surface area contributed by atoms with Crippen molar-refractivity contribution in [3.63, 3.8) is 0 Å². The van der Waals surface area contributed by atoms with Crippen molar-refractivity contribution in [2.45, 2.75) is 0 Å². The van der Waals surface area contributed by atoms with Gasteiger partial charge in [0, 0.05) is 0 Å². The van der Waals surface area contributed by atoms with Crippen molar-refractivity contribution in [3.05, 3.63) is 26.5 Å². The molecule has 1 aromatic heterocycles. The average molecular weight is 231 g/mol. The number of hydrogen-bond acceptors (Lipinski definition) is 1. The molecule has 0 N–H and O–H groups in total. The summed E-state index contributed by atoms with van der Waals surface area (Å²) >= 11 is 2.51. The second-order valence-corrected chi connectivity index (χ2v) is 4.40. The van der Waals surface area contributed by atoms with Crippen molar-refractivity contribution >= 4 is 39.9 Å². The van der Waals surface area contributed by atoms with E-state index < -0.39 is 0 Å². The van der Waals surface area contributed by atoms with Gasteiger partial charge in [-0.3, -0.25) is 0 Å². The third-order valence-corrected chi connectivity index (χ3v) is 2.66. The van der Waals surface area contributed by atoms with Crippen LogP contribution in [0.25, 0.3) is 6.08 Å². The van der Waals surface area contributed by atoms with E-state index in [0.29, 0.717) is 0 Å². The Kier molecular flexibility index (Phi) is 2.62. The fourth-order valence-electron chi connectivity index (χ4n) is 0.550. The maximum atomic E-state index is 2.26. The van der Waals surface area contributed by atoms with Crippen LogP contribution in [0, 0.1) is 0 Å². The third kappa shape index (κ3) is 1.63. The van der Waals surface area contributed by atoms with Crippen molar-refractivity contribution in [2.75, 3.05) is 0 Å². The molecule has 2 heteroatoms. The summed E-state index contributed by atoms with van der Waals surface area (Å²) in [7, 11) is 0. The molecule has 1 heterocycles. The van der Waals surface area contributed by atoms with Gasteiger partial charge in [-0.1, -0.05) is 0 Å². The molecule has 0 amide bonds. The Hall–Kier alpha value is 0.239. The summed E-state index contributed by atoms with van der Waals surface area (Å²) in [4.78, 5) is 1.38. The number of rotatable bonds is 1. The summed E-state index contributed by atoms with van der Waals surface area (Å²) < 4.78 is 2.26. The normalized spacial score (nSPS) is 11.0. The Balaban J connectivity index is 2.77. The van der Waals surface area contributed by atoms with Crippen LogP contribution >= 0.6 is 11.3 Å². The van der Waals surface area contributed by atoms with E-state index in [0.717, 1.165) is 22.5 Å². The van der Waals surface area contributed by atoms with Crippen LogP contribution in [0.5, 0.6) is 0 Å². The van der Waals surface area contributed by atoms with Crippen LogP contribution in [-0.2, 0) is 0 Å². The molecule has 0 fully saturated rings. The van der Waals surface area contributed by atoms with Crippen molar-refractivity contribution in [1.29, 1.82) is 0 Å². The van der Waals surface area contributed by atoms with Gasteiger partial charge in [-0.15, -0.1) is 0 Å². The quantitative estimate of drug-likeness (QED) is 0.634. The predicted octanol–water partition coefficient (Wildman–Crippen LogP) is 1.08. The van der Waals surface area contributed by atoms with Gasteiger partial charge in [-0.05, 0) is 0 Å². The van der Waals surface area contributed by atoms with Gasteiger partial charge in [-0.25, -0.2) is 0 Å². The molecular weight excluding hydrogens is 223 g/mol. The number of thiophene rings is 1. The van der Waals surface area contributed by atoms with E-state index in [-0.39, 0.29) is 0 Å².